The second-order valence-corrected chi connectivity index (χ2v) is 6.20. The molecule has 0 saturated carbocycles. The predicted molar refractivity (Wildman–Crippen MR) is 97.0 cm³/mol. The first-order valence-electron chi connectivity index (χ1n) is 8.96. The van der Waals surface area contributed by atoms with Crippen molar-refractivity contribution in [2.45, 2.75) is 38.5 Å². The number of rotatable bonds is 13. The molecular formula is C16H30N4O8. The maximum atomic E-state index is 11.3. The summed E-state index contributed by atoms with van der Waals surface area (Å²) < 4.78 is 9.67. The third-order valence-corrected chi connectivity index (χ3v) is 3.91. The van der Waals surface area contributed by atoms with Crippen molar-refractivity contribution >= 4 is 24.2 Å². The average molecular weight is 406 g/mol. The molecule has 28 heavy (non-hydrogen) atoms. The van der Waals surface area contributed by atoms with Crippen molar-refractivity contribution in [3.05, 3.63) is 0 Å². The van der Waals surface area contributed by atoms with E-state index in [1.807, 2.05) is 0 Å². The Balaban J connectivity index is 4.41. The van der Waals surface area contributed by atoms with Crippen LogP contribution in [0.2, 0.25) is 0 Å². The Hall–Kier alpha value is -2.60. The molecule has 162 valence electrons. The Morgan fingerprint density at radius 2 is 1.29 bits per heavy atom. The van der Waals surface area contributed by atoms with Crippen LogP contribution in [-0.2, 0) is 9.47 Å². The van der Waals surface area contributed by atoms with Crippen LogP contribution in [0.4, 0.5) is 19.2 Å². The van der Waals surface area contributed by atoms with E-state index in [1.54, 1.807) is 10.6 Å². The third-order valence-electron chi connectivity index (χ3n) is 3.91. The minimum atomic E-state index is -1.02. The molecule has 0 aromatic heterocycles. The van der Waals surface area contributed by atoms with Crippen LogP contribution in [0.25, 0.3) is 0 Å². The van der Waals surface area contributed by atoms with Crippen molar-refractivity contribution < 1.29 is 38.9 Å². The van der Waals surface area contributed by atoms with E-state index in [0.29, 0.717) is 25.7 Å². The molecule has 6 amide bonds. The van der Waals surface area contributed by atoms with E-state index in [-0.39, 0.29) is 38.3 Å². The first-order chi connectivity index (χ1) is 13.3. The maximum absolute atomic E-state index is 11.3. The van der Waals surface area contributed by atoms with Gasteiger partial charge in [-0.15, -0.1) is 0 Å². The zero-order valence-electron chi connectivity index (χ0n) is 15.7. The van der Waals surface area contributed by atoms with Crippen LogP contribution >= 0.6 is 0 Å². The van der Waals surface area contributed by atoms with Gasteiger partial charge in [0, 0.05) is 13.2 Å². The number of urea groups is 2. The highest BCUT2D eigenvalue weighted by Gasteiger charge is 2.18. The van der Waals surface area contributed by atoms with Crippen LogP contribution in [0.3, 0.4) is 0 Å². The standard InChI is InChI=1S/C16H30N4O8/c17-13(23)19-15(25)27-7-4-11(3-1-2-6-21)9-12(10-22)5-8-28-16(26)20-14(18)24/h11-12,21-22H,1-10H2,(H3,17,19,23,25)(H3,18,20,24,26). The van der Waals surface area contributed by atoms with Gasteiger partial charge in [0.2, 0.25) is 0 Å². The summed E-state index contributed by atoms with van der Waals surface area (Å²) in [6, 6.07) is -2.03. The molecular weight excluding hydrogens is 376 g/mol. The molecule has 8 N–H and O–H groups in total. The molecule has 0 aromatic rings. The molecule has 2 atom stereocenters. The van der Waals surface area contributed by atoms with Crippen molar-refractivity contribution in [2.24, 2.45) is 23.3 Å². The van der Waals surface area contributed by atoms with E-state index in [4.69, 9.17) is 26.0 Å². The molecule has 0 radical (unpaired) electrons. The van der Waals surface area contributed by atoms with E-state index < -0.39 is 24.2 Å². The fourth-order valence-electron chi connectivity index (χ4n) is 2.59. The normalized spacial score (nSPS) is 12.5. The molecule has 0 fully saturated rings. The topological polar surface area (TPSA) is 203 Å². The first-order valence-corrected chi connectivity index (χ1v) is 8.96. The van der Waals surface area contributed by atoms with Crippen LogP contribution in [0.15, 0.2) is 0 Å². The minimum absolute atomic E-state index is 0.00871. The Morgan fingerprint density at radius 1 is 0.786 bits per heavy atom. The number of carbonyl (C=O) groups is 4. The number of nitrogens with one attached hydrogen (secondary N) is 2. The van der Waals surface area contributed by atoms with Gasteiger partial charge in [-0.2, -0.15) is 0 Å². The number of alkyl carbamates (subject to hydrolysis) is 2. The van der Waals surface area contributed by atoms with E-state index >= 15 is 0 Å². The van der Waals surface area contributed by atoms with Crippen LogP contribution in [-0.4, -0.2) is 60.9 Å². The number of primary amides is 2. The molecule has 12 nitrogen and oxygen atoms in total. The number of unbranched alkanes of at least 4 members (excludes halogenated alkanes) is 1. The lowest BCUT2D eigenvalue weighted by Crippen LogP contribution is -2.35. The largest absolute Gasteiger partial charge is 0.449 e. The highest BCUT2D eigenvalue weighted by molar-refractivity contribution is 5.89. The quantitative estimate of drug-likeness (QED) is 0.232. The van der Waals surface area contributed by atoms with Gasteiger partial charge in [0.15, 0.2) is 0 Å². The first kappa shape index (κ1) is 25.4. The molecule has 0 rings (SSSR count). The Kier molecular flexibility index (Phi) is 14.0. The third kappa shape index (κ3) is 14.6. The minimum Gasteiger partial charge on any atom is -0.449 e. The summed E-state index contributed by atoms with van der Waals surface area (Å²) in [5, 5.41) is 22.0. The molecule has 0 aliphatic carbocycles. The summed E-state index contributed by atoms with van der Waals surface area (Å²) in [6.45, 7) is -0.0272. The number of hydrogen-bond acceptors (Lipinski definition) is 8. The Morgan fingerprint density at radius 3 is 1.71 bits per heavy atom. The number of aliphatic hydroxyl groups excluding tert-OH is 2. The van der Waals surface area contributed by atoms with Gasteiger partial charge in [-0.3, -0.25) is 0 Å². The molecule has 0 heterocycles. The SMILES string of the molecule is NC(=O)NC(=O)OCCC(CO)CC(CCCCO)CCOC(=O)NC(N)=O. The second kappa shape index (κ2) is 15.5. The summed E-state index contributed by atoms with van der Waals surface area (Å²) in [5.74, 6) is -0.107. The van der Waals surface area contributed by atoms with E-state index in [1.165, 1.54) is 0 Å². The fourth-order valence-corrected chi connectivity index (χ4v) is 2.59. The summed E-state index contributed by atoms with van der Waals surface area (Å²) >= 11 is 0. The van der Waals surface area contributed by atoms with Gasteiger partial charge >= 0.3 is 24.2 Å². The molecule has 0 aromatic carbocycles. The summed E-state index contributed by atoms with van der Waals surface area (Å²) in [4.78, 5) is 43.5. The lowest BCUT2D eigenvalue weighted by molar-refractivity contribution is 0.114. The Labute approximate surface area is 162 Å². The van der Waals surface area contributed by atoms with Gasteiger partial charge in [0.05, 0.1) is 13.2 Å². The smallest absolute Gasteiger partial charge is 0.415 e. The molecule has 12 heteroatoms. The maximum Gasteiger partial charge on any atom is 0.415 e. The number of ether oxygens (including phenoxy) is 2. The van der Waals surface area contributed by atoms with Gasteiger partial charge in [0.1, 0.15) is 0 Å². The van der Waals surface area contributed by atoms with E-state index in [2.05, 4.69) is 0 Å². The predicted octanol–water partition coefficient (Wildman–Crippen LogP) is 0.154. The molecule has 0 aliphatic heterocycles. The van der Waals surface area contributed by atoms with Crippen molar-refractivity contribution in [1.82, 2.24) is 10.6 Å². The van der Waals surface area contributed by atoms with Gasteiger partial charge in [-0.05, 0) is 37.5 Å². The second-order valence-electron chi connectivity index (χ2n) is 6.20. The summed E-state index contributed by atoms with van der Waals surface area (Å²) in [7, 11) is 0. The lowest BCUT2D eigenvalue weighted by Gasteiger charge is -2.22. The van der Waals surface area contributed by atoms with Crippen LogP contribution in [0.1, 0.15) is 38.5 Å². The highest BCUT2D eigenvalue weighted by atomic mass is 16.6. The Bertz CT molecular complexity index is 503. The van der Waals surface area contributed by atoms with E-state index in [0.717, 1.165) is 12.8 Å². The number of aliphatic hydroxyl groups is 2. The van der Waals surface area contributed by atoms with Crippen molar-refractivity contribution in [3.63, 3.8) is 0 Å². The van der Waals surface area contributed by atoms with Crippen molar-refractivity contribution in [1.29, 1.82) is 0 Å². The number of nitrogens with two attached hydrogens (primary N) is 2. The van der Waals surface area contributed by atoms with Gasteiger partial charge in [0.25, 0.3) is 0 Å². The zero-order chi connectivity index (χ0) is 21.4. The fraction of sp³-hybridized carbons (Fsp3) is 0.750. The molecule has 0 bridgehead atoms. The van der Waals surface area contributed by atoms with Crippen molar-refractivity contribution in [3.8, 4) is 0 Å². The number of imide groups is 2. The molecule has 0 spiro atoms. The van der Waals surface area contributed by atoms with Crippen molar-refractivity contribution in [2.75, 3.05) is 26.4 Å². The summed E-state index contributed by atoms with van der Waals surface area (Å²) in [6.07, 6.45) is 1.64. The van der Waals surface area contributed by atoms with Gasteiger partial charge < -0.3 is 31.2 Å². The van der Waals surface area contributed by atoms with Gasteiger partial charge in [-0.1, -0.05) is 12.8 Å². The van der Waals surface area contributed by atoms with E-state index in [9.17, 15) is 24.3 Å². The number of amides is 6. The molecule has 2 unspecified atom stereocenters. The number of hydrogen-bond donors (Lipinski definition) is 6. The molecule has 0 saturated heterocycles. The van der Waals surface area contributed by atoms with Crippen LogP contribution in [0.5, 0.6) is 0 Å². The highest BCUT2D eigenvalue weighted by Crippen LogP contribution is 2.24. The zero-order valence-corrected chi connectivity index (χ0v) is 15.7. The molecule has 0 aliphatic rings. The number of carbonyl (C=O) groups excluding carboxylic acids is 4. The summed E-state index contributed by atoms with van der Waals surface area (Å²) in [5.41, 5.74) is 9.61. The lowest BCUT2D eigenvalue weighted by atomic mass is 9.87. The average Bonchev–Trinajstić information content (AvgIpc) is 2.59. The van der Waals surface area contributed by atoms with Crippen LogP contribution < -0.4 is 22.1 Å². The van der Waals surface area contributed by atoms with Crippen LogP contribution in [0, 0.1) is 11.8 Å². The monoisotopic (exact) mass is 406 g/mol. The van der Waals surface area contributed by atoms with Gasteiger partial charge in [-0.25, -0.2) is 29.8 Å².